The quantitative estimate of drug-likeness (QED) is 0.796. The molecule has 1 heterocycles. The lowest BCUT2D eigenvalue weighted by atomic mass is 10.0. The van der Waals surface area contributed by atoms with Crippen molar-refractivity contribution in [1.82, 2.24) is 5.32 Å². The molecule has 3 atom stereocenters. The molecule has 0 saturated carbocycles. The van der Waals surface area contributed by atoms with Crippen molar-refractivity contribution < 1.29 is 19.0 Å². The third-order valence-electron chi connectivity index (χ3n) is 4.05. The van der Waals surface area contributed by atoms with Gasteiger partial charge in [-0.15, -0.1) is 0 Å². The summed E-state index contributed by atoms with van der Waals surface area (Å²) in [6.45, 7) is 11.9. The number of rotatable bonds is 6. The Balaban J connectivity index is 2.08. The summed E-state index contributed by atoms with van der Waals surface area (Å²) < 4.78 is 17.2. The van der Waals surface area contributed by atoms with Gasteiger partial charge in [0, 0.05) is 12.1 Å². The van der Waals surface area contributed by atoms with Gasteiger partial charge in [-0.1, -0.05) is 30.3 Å². The lowest BCUT2D eigenvalue weighted by Gasteiger charge is -2.29. The first-order valence-corrected chi connectivity index (χ1v) is 8.90. The van der Waals surface area contributed by atoms with Crippen molar-refractivity contribution in [1.29, 1.82) is 0 Å². The van der Waals surface area contributed by atoms with Gasteiger partial charge < -0.3 is 19.5 Å². The Hall–Kier alpha value is -1.43. The summed E-state index contributed by atoms with van der Waals surface area (Å²) in [5, 5.41) is 3.52. The van der Waals surface area contributed by atoms with E-state index in [1.807, 2.05) is 52.8 Å². The maximum absolute atomic E-state index is 12.3. The molecule has 1 aromatic rings. The van der Waals surface area contributed by atoms with E-state index in [0.29, 0.717) is 6.61 Å². The second kappa shape index (κ2) is 7.85. The van der Waals surface area contributed by atoms with Crippen LogP contribution in [0.5, 0.6) is 0 Å². The zero-order valence-corrected chi connectivity index (χ0v) is 16.2. The number of ether oxygens (including phenoxy) is 3. The average Bonchev–Trinajstić information content (AvgIpc) is 2.85. The minimum atomic E-state index is -0.630. The van der Waals surface area contributed by atoms with Crippen LogP contribution in [-0.4, -0.2) is 36.1 Å². The van der Waals surface area contributed by atoms with Crippen molar-refractivity contribution in [2.75, 3.05) is 6.61 Å². The molecule has 2 rings (SSSR count). The first kappa shape index (κ1) is 19.9. The third kappa shape index (κ3) is 6.42. The number of benzene rings is 1. The van der Waals surface area contributed by atoms with Gasteiger partial charge in [0.25, 0.3) is 0 Å². The lowest BCUT2D eigenvalue weighted by Crippen LogP contribution is -2.45. The predicted molar refractivity (Wildman–Crippen MR) is 97.1 cm³/mol. The first-order chi connectivity index (χ1) is 11.6. The molecule has 0 radical (unpaired) electrons. The Bertz CT molecular complexity index is 565. The fraction of sp³-hybridized carbons (Fsp3) is 0.650. The molecule has 0 unspecified atom stereocenters. The average molecular weight is 349 g/mol. The Morgan fingerprint density at radius 2 is 1.96 bits per heavy atom. The van der Waals surface area contributed by atoms with E-state index in [0.717, 1.165) is 5.56 Å². The van der Waals surface area contributed by atoms with Gasteiger partial charge in [-0.2, -0.15) is 0 Å². The van der Waals surface area contributed by atoms with E-state index < -0.39 is 11.4 Å². The second-order valence-electron chi connectivity index (χ2n) is 8.06. The highest BCUT2D eigenvalue weighted by Crippen LogP contribution is 2.27. The molecule has 1 fully saturated rings. The van der Waals surface area contributed by atoms with Gasteiger partial charge in [0.2, 0.25) is 0 Å². The topological polar surface area (TPSA) is 56.8 Å². The molecule has 1 N–H and O–H groups in total. The van der Waals surface area contributed by atoms with Crippen molar-refractivity contribution in [2.45, 2.75) is 77.5 Å². The van der Waals surface area contributed by atoms with Gasteiger partial charge in [-0.3, -0.25) is 4.79 Å². The summed E-state index contributed by atoms with van der Waals surface area (Å²) in [6, 6.07) is 10.0. The standard InChI is InChI=1S/C20H31NO4/c1-14(15-10-8-7-9-11-15)21-16(12-18(22)25-19(2,3)4)17-13-23-20(5,6)24-17/h7-11,14,16-17,21H,12-13H2,1-6H3/t14-,16+,17+/m0/s1. The van der Waals surface area contributed by atoms with Crippen molar-refractivity contribution >= 4 is 5.97 Å². The van der Waals surface area contributed by atoms with E-state index in [2.05, 4.69) is 24.4 Å². The van der Waals surface area contributed by atoms with Crippen LogP contribution in [0.1, 0.15) is 59.6 Å². The monoisotopic (exact) mass is 349 g/mol. The summed E-state index contributed by atoms with van der Waals surface area (Å²) >= 11 is 0. The summed E-state index contributed by atoms with van der Waals surface area (Å²) in [5.74, 6) is -0.868. The van der Waals surface area contributed by atoms with Crippen LogP contribution in [0.25, 0.3) is 0 Å². The molecule has 1 aliphatic heterocycles. The Morgan fingerprint density at radius 3 is 2.48 bits per heavy atom. The van der Waals surface area contributed by atoms with E-state index in [-0.39, 0.29) is 30.6 Å². The van der Waals surface area contributed by atoms with Crippen LogP contribution >= 0.6 is 0 Å². The zero-order valence-electron chi connectivity index (χ0n) is 16.2. The van der Waals surface area contributed by atoms with Gasteiger partial charge in [0.05, 0.1) is 13.0 Å². The molecule has 25 heavy (non-hydrogen) atoms. The summed E-state index contributed by atoms with van der Waals surface area (Å²) in [5.41, 5.74) is 0.661. The summed E-state index contributed by atoms with van der Waals surface area (Å²) in [7, 11) is 0. The Morgan fingerprint density at radius 1 is 1.32 bits per heavy atom. The molecule has 0 aliphatic carbocycles. The fourth-order valence-electron chi connectivity index (χ4n) is 2.93. The van der Waals surface area contributed by atoms with Crippen molar-refractivity contribution in [3.63, 3.8) is 0 Å². The maximum atomic E-state index is 12.3. The Kier molecular flexibility index (Phi) is 6.25. The van der Waals surface area contributed by atoms with Crippen molar-refractivity contribution in [3.8, 4) is 0 Å². The SMILES string of the molecule is C[C@H](N[C@H](CC(=O)OC(C)(C)C)[C@H]1COC(C)(C)O1)c1ccccc1. The van der Waals surface area contributed by atoms with Gasteiger partial charge in [-0.25, -0.2) is 0 Å². The molecule has 140 valence electrons. The molecular weight excluding hydrogens is 318 g/mol. The minimum Gasteiger partial charge on any atom is -0.460 e. The first-order valence-electron chi connectivity index (χ1n) is 8.90. The number of carbonyl (C=O) groups is 1. The molecule has 5 nitrogen and oxygen atoms in total. The molecule has 0 amide bonds. The molecule has 0 spiro atoms. The van der Waals surface area contributed by atoms with Gasteiger partial charge in [0.15, 0.2) is 5.79 Å². The number of esters is 1. The maximum Gasteiger partial charge on any atom is 0.307 e. The highest BCUT2D eigenvalue weighted by Gasteiger charge is 2.39. The molecule has 0 aromatic heterocycles. The minimum absolute atomic E-state index is 0.0842. The van der Waals surface area contributed by atoms with Crippen LogP contribution in [0.15, 0.2) is 30.3 Å². The van der Waals surface area contributed by atoms with Crippen molar-refractivity contribution in [3.05, 3.63) is 35.9 Å². The normalized spacial score (nSPS) is 22.4. The third-order valence-corrected chi connectivity index (χ3v) is 4.05. The molecular formula is C20H31NO4. The van der Waals surface area contributed by atoms with E-state index in [1.165, 1.54) is 0 Å². The fourth-order valence-corrected chi connectivity index (χ4v) is 2.93. The molecule has 1 aromatic carbocycles. The van der Waals surface area contributed by atoms with Gasteiger partial charge >= 0.3 is 5.97 Å². The van der Waals surface area contributed by atoms with Crippen LogP contribution in [0, 0.1) is 0 Å². The number of nitrogens with one attached hydrogen (secondary N) is 1. The van der Waals surface area contributed by atoms with Crippen LogP contribution in [-0.2, 0) is 19.0 Å². The Labute approximate surface area is 151 Å². The van der Waals surface area contributed by atoms with E-state index >= 15 is 0 Å². The molecule has 5 heteroatoms. The van der Waals surface area contributed by atoms with Crippen LogP contribution in [0.2, 0.25) is 0 Å². The van der Waals surface area contributed by atoms with Crippen LogP contribution in [0.3, 0.4) is 0 Å². The zero-order chi connectivity index (χ0) is 18.7. The van der Waals surface area contributed by atoms with Gasteiger partial charge in [-0.05, 0) is 47.1 Å². The van der Waals surface area contributed by atoms with E-state index in [9.17, 15) is 4.79 Å². The summed E-state index contributed by atoms with van der Waals surface area (Å²) in [4.78, 5) is 12.3. The number of carbonyl (C=O) groups excluding carboxylic acids is 1. The van der Waals surface area contributed by atoms with Crippen LogP contribution in [0.4, 0.5) is 0 Å². The van der Waals surface area contributed by atoms with Crippen LogP contribution < -0.4 is 5.32 Å². The predicted octanol–water partition coefficient (Wildman–Crippen LogP) is 3.59. The van der Waals surface area contributed by atoms with Gasteiger partial charge in [0.1, 0.15) is 11.7 Å². The highest BCUT2D eigenvalue weighted by atomic mass is 16.7. The summed E-state index contributed by atoms with van der Waals surface area (Å²) in [6.07, 6.45) is 0.0344. The largest absolute Gasteiger partial charge is 0.460 e. The number of hydrogen-bond acceptors (Lipinski definition) is 5. The number of hydrogen-bond donors (Lipinski definition) is 1. The molecule has 1 saturated heterocycles. The van der Waals surface area contributed by atoms with Crippen molar-refractivity contribution in [2.24, 2.45) is 0 Å². The van der Waals surface area contributed by atoms with E-state index in [4.69, 9.17) is 14.2 Å². The molecule has 1 aliphatic rings. The lowest BCUT2D eigenvalue weighted by molar-refractivity contribution is -0.159. The smallest absolute Gasteiger partial charge is 0.307 e. The van der Waals surface area contributed by atoms with E-state index in [1.54, 1.807) is 0 Å². The molecule has 0 bridgehead atoms. The second-order valence-corrected chi connectivity index (χ2v) is 8.06. The highest BCUT2D eigenvalue weighted by molar-refractivity contribution is 5.70.